The Morgan fingerprint density at radius 2 is 1.84 bits per heavy atom. The second-order valence-electron chi connectivity index (χ2n) is 7.41. The second kappa shape index (κ2) is 8.56. The Kier molecular flexibility index (Phi) is 5.84. The molecular weight excluding hydrogens is 421 g/mol. The van der Waals surface area contributed by atoms with Crippen LogP contribution in [0.15, 0.2) is 53.7 Å². The predicted octanol–water partition coefficient (Wildman–Crippen LogP) is 2.96. The molecule has 10 heteroatoms. The molecule has 1 fully saturated rings. The van der Waals surface area contributed by atoms with Crippen molar-refractivity contribution in [1.29, 1.82) is 0 Å². The molecule has 3 aromatic rings. The number of nitrogens with one attached hydrogen (secondary N) is 2. The molecule has 2 aromatic heterocycles. The topological polar surface area (TPSA) is 108 Å². The van der Waals surface area contributed by atoms with E-state index in [9.17, 15) is 17.6 Å². The molecule has 0 unspecified atom stereocenters. The lowest BCUT2D eigenvalue weighted by Gasteiger charge is -2.30. The van der Waals surface area contributed by atoms with Gasteiger partial charge < -0.3 is 5.32 Å². The summed E-state index contributed by atoms with van der Waals surface area (Å²) in [6.45, 7) is 2.16. The highest BCUT2D eigenvalue weighted by atomic mass is 32.2. The monoisotopic (exact) mass is 443 g/mol. The van der Waals surface area contributed by atoms with Gasteiger partial charge >= 0.3 is 0 Å². The number of aromatic nitrogens is 3. The summed E-state index contributed by atoms with van der Waals surface area (Å²) in [5.74, 6) is -0.897. The maximum atomic E-state index is 14.0. The van der Waals surface area contributed by atoms with Gasteiger partial charge in [-0.1, -0.05) is 12.1 Å². The SMILES string of the molecule is Cc1c(NC(=O)C2CCN(S(=O)(=O)c3ccccc3F)CC2)n[nH]c1-c1ccncc1. The van der Waals surface area contributed by atoms with E-state index < -0.39 is 15.8 Å². The zero-order valence-electron chi connectivity index (χ0n) is 16.9. The molecule has 0 saturated carbocycles. The molecular formula is C21H22FN5O3S. The molecule has 1 aliphatic heterocycles. The molecule has 0 spiro atoms. The number of benzene rings is 1. The Labute approximate surface area is 179 Å². The Bertz CT molecular complexity index is 1190. The zero-order chi connectivity index (χ0) is 22.0. The molecule has 1 aromatic carbocycles. The first-order valence-electron chi connectivity index (χ1n) is 9.89. The van der Waals surface area contributed by atoms with Crippen LogP contribution >= 0.6 is 0 Å². The zero-order valence-corrected chi connectivity index (χ0v) is 17.7. The van der Waals surface area contributed by atoms with Crippen LogP contribution in [0.4, 0.5) is 10.2 Å². The van der Waals surface area contributed by atoms with Crippen LogP contribution in [0.25, 0.3) is 11.3 Å². The van der Waals surface area contributed by atoms with Crippen molar-refractivity contribution in [3.8, 4) is 11.3 Å². The van der Waals surface area contributed by atoms with Gasteiger partial charge in [-0.05, 0) is 44.0 Å². The number of hydrogen-bond donors (Lipinski definition) is 2. The molecule has 31 heavy (non-hydrogen) atoms. The molecule has 162 valence electrons. The van der Waals surface area contributed by atoms with E-state index in [1.807, 2.05) is 19.1 Å². The second-order valence-corrected chi connectivity index (χ2v) is 9.31. The summed E-state index contributed by atoms with van der Waals surface area (Å²) in [6, 6.07) is 9.00. The van der Waals surface area contributed by atoms with Crippen molar-refractivity contribution in [3.05, 3.63) is 60.2 Å². The average Bonchev–Trinajstić information content (AvgIpc) is 3.14. The number of carbonyl (C=O) groups excluding carboxylic acids is 1. The van der Waals surface area contributed by atoms with E-state index in [0.717, 1.165) is 22.9 Å². The lowest BCUT2D eigenvalue weighted by atomic mass is 9.97. The van der Waals surface area contributed by atoms with Gasteiger partial charge in [-0.25, -0.2) is 12.8 Å². The van der Waals surface area contributed by atoms with Crippen LogP contribution in [0.1, 0.15) is 18.4 Å². The van der Waals surface area contributed by atoms with Crippen molar-refractivity contribution in [2.75, 3.05) is 18.4 Å². The van der Waals surface area contributed by atoms with Crippen molar-refractivity contribution in [2.45, 2.75) is 24.7 Å². The van der Waals surface area contributed by atoms with E-state index in [0.29, 0.717) is 18.7 Å². The van der Waals surface area contributed by atoms with Gasteiger partial charge in [0.25, 0.3) is 0 Å². The van der Waals surface area contributed by atoms with Gasteiger partial charge in [0.2, 0.25) is 15.9 Å². The van der Waals surface area contributed by atoms with Crippen LogP contribution in [0.3, 0.4) is 0 Å². The Hall–Kier alpha value is -3.11. The number of pyridine rings is 1. The predicted molar refractivity (Wildman–Crippen MR) is 113 cm³/mol. The third-order valence-corrected chi connectivity index (χ3v) is 7.43. The van der Waals surface area contributed by atoms with E-state index in [2.05, 4.69) is 20.5 Å². The van der Waals surface area contributed by atoms with E-state index in [1.54, 1.807) is 12.4 Å². The first-order chi connectivity index (χ1) is 14.9. The van der Waals surface area contributed by atoms with Crippen LogP contribution in [-0.2, 0) is 14.8 Å². The molecule has 0 atom stereocenters. The minimum Gasteiger partial charge on any atom is -0.309 e. The molecule has 0 bridgehead atoms. The number of aromatic amines is 1. The molecule has 1 amide bonds. The van der Waals surface area contributed by atoms with Crippen molar-refractivity contribution < 1.29 is 17.6 Å². The quantitative estimate of drug-likeness (QED) is 0.630. The lowest BCUT2D eigenvalue weighted by Crippen LogP contribution is -2.41. The van der Waals surface area contributed by atoms with Crippen molar-refractivity contribution in [2.24, 2.45) is 5.92 Å². The third kappa shape index (κ3) is 4.21. The van der Waals surface area contributed by atoms with Gasteiger partial charge in [0.15, 0.2) is 5.82 Å². The average molecular weight is 444 g/mol. The summed E-state index contributed by atoms with van der Waals surface area (Å²) in [5.41, 5.74) is 2.51. The fourth-order valence-corrected chi connectivity index (χ4v) is 5.22. The highest BCUT2D eigenvalue weighted by Gasteiger charge is 2.33. The number of carbonyl (C=O) groups is 1. The molecule has 3 heterocycles. The number of piperidine rings is 1. The van der Waals surface area contributed by atoms with Crippen LogP contribution in [0.2, 0.25) is 0 Å². The van der Waals surface area contributed by atoms with Crippen LogP contribution < -0.4 is 5.32 Å². The smallest absolute Gasteiger partial charge is 0.245 e. The van der Waals surface area contributed by atoms with Gasteiger partial charge in [0.05, 0.1) is 5.69 Å². The fourth-order valence-electron chi connectivity index (χ4n) is 3.69. The molecule has 1 aliphatic rings. The molecule has 4 rings (SSSR count). The van der Waals surface area contributed by atoms with Gasteiger partial charge in [-0.15, -0.1) is 0 Å². The van der Waals surface area contributed by atoms with E-state index in [4.69, 9.17) is 0 Å². The maximum absolute atomic E-state index is 14.0. The number of anilines is 1. The minimum absolute atomic E-state index is 0.149. The first-order valence-corrected chi connectivity index (χ1v) is 11.3. The van der Waals surface area contributed by atoms with Crippen LogP contribution in [-0.4, -0.2) is 46.9 Å². The first kappa shape index (κ1) is 21.1. The third-order valence-electron chi connectivity index (χ3n) is 5.50. The normalized spacial score (nSPS) is 15.7. The van der Waals surface area contributed by atoms with Crippen LogP contribution in [0, 0.1) is 18.7 Å². The molecule has 0 aliphatic carbocycles. The Morgan fingerprint density at radius 1 is 1.16 bits per heavy atom. The van der Waals surface area contributed by atoms with Crippen molar-refractivity contribution >= 4 is 21.7 Å². The summed E-state index contributed by atoms with van der Waals surface area (Å²) in [7, 11) is -3.93. The number of nitrogens with zero attached hydrogens (tertiary/aromatic N) is 3. The summed E-state index contributed by atoms with van der Waals surface area (Å²) < 4.78 is 40.6. The molecule has 1 saturated heterocycles. The fraction of sp³-hybridized carbons (Fsp3) is 0.286. The largest absolute Gasteiger partial charge is 0.309 e. The van der Waals surface area contributed by atoms with Crippen molar-refractivity contribution in [1.82, 2.24) is 19.5 Å². The number of rotatable bonds is 5. The summed E-state index contributed by atoms with van der Waals surface area (Å²) in [5, 5.41) is 9.98. The van der Waals surface area contributed by atoms with Gasteiger partial charge in [0, 0.05) is 42.5 Å². The summed E-state index contributed by atoms with van der Waals surface area (Å²) in [6.07, 6.45) is 4.05. The Balaban J connectivity index is 1.40. The Morgan fingerprint density at radius 3 is 2.52 bits per heavy atom. The van der Waals surface area contributed by atoms with E-state index >= 15 is 0 Å². The number of H-pyrrole nitrogens is 1. The highest BCUT2D eigenvalue weighted by molar-refractivity contribution is 7.89. The standard InChI is InChI=1S/C21H22FN5O3S/c1-14-19(15-6-10-23-11-7-15)25-26-20(14)24-21(28)16-8-12-27(13-9-16)31(29,30)18-5-3-2-4-17(18)22/h2-7,10-11,16H,8-9,12-13H2,1H3,(H2,24,25,26,28). The number of hydrogen-bond acceptors (Lipinski definition) is 5. The summed E-state index contributed by atoms with van der Waals surface area (Å²) in [4.78, 5) is 16.4. The molecule has 8 nitrogen and oxygen atoms in total. The molecule has 2 N–H and O–H groups in total. The van der Waals surface area contributed by atoms with Gasteiger partial charge in [0.1, 0.15) is 10.7 Å². The van der Waals surface area contributed by atoms with Crippen molar-refractivity contribution in [3.63, 3.8) is 0 Å². The highest BCUT2D eigenvalue weighted by Crippen LogP contribution is 2.28. The summed E-state index contributed by atoms with van der Waals surface area (Å²) >= 11 is 0. The van der Waals surface area contributed by atoms with Crippen LogP contribution in [0.5, 0.6) is 0 Å². The van der Waals surface area contributed by atoms with E-state index in [1.165, 1.54) is 22.5 Å². The number of sulfonamides is 1. The van der Waals surface area contributed by atoms with Gasteiger partial charge in [-0.3, -0.25) is 14.9 Å². The minimum atomic E-state index is -3.93. The van der Waals surface area contributed by atoms with Gasteiger partial charge in [-0.2, -0.15) is 9.40 Å². The number of halogens is 1. The maximum Gasteiger partial charge on any atom is 0.245 e. The lowest BCUT2D eigenvalue weighted by molar-refractivity contribution is -0.120. The molecule has 0 radical (unpaired) electrons. The number of amides is 1. The van der Waals surface area contributed by atoms with E-state index in [-0.39, 0.29) is 29.8 Å².